The predicted molar refractivity (Wildman–Crippen MR) is 119 cm³/mol. The minimum Gasteiger partial charge on any atom is -0.508 e. The first-order valence-electron chi connectivity index (χ1n) is 10.4. The zero-order valence-electron chi connectivity index (χ0n) is 18.2. The van der Waals surface area contributed by atoms with Gasteiger partial charge in [0.25, 0.3) is 0 Å². The number of nitrogens with one attached hydrogen (secondary N) is 2. The third-order valence-corrected chi connectivity index (χ3v) is 5.29. The van der Waals surface area contributed by atoms with Crippen LogP contribution in [0.3, 0.4) is 0 Å². The summed E-state index contributed by atoms with van der Waals surface area (Å²) in [4.78, 5) is 24.9. The van der Waals surface area contributed by atoms with Crippen LogP contribution in [-0.4, -0.2) is 35.0 Å². The zero-order chi connectivity index (χ0) is 22.3. The number of hydrogen-bond acceptors (Lipinski definition) is 4. The van der Waals surface area contributed by atoms with E-state index in [0.717, 1.165) is 29.5 Å². The highest BCUT2D eigenvalue weighted by Gasteiger charge is 2.22. The number of carbonyl (C=O) groups excluding carboxylic acids is 2. The molecule has 3 atom stereocenters. The molecule has 1 unspecified atom stereocenters. The highest BCUT2D eigenvalue weighted by atomic mass is 16.3. The summed E-state index contributed by atoms with van der Waals surface area (Å²) in [5.74, 6) is -0.409. The number of phenolic OH excluding ortho intramolecular Hbond substituents is 1. The lowest BCUT2D eigenvalue weighted by atomic mass is 9.96. The minimum atomic E-state index is -0.780. The van der Waals surface area contributed by atoms with Gasteiger partial charge in [-0.25, -0.2) is 0 Å². The largest absolute Gasteiger partial charge is 0.508 e. The van der Waals surface area contributed by atoms with Gasteiger partial charge >= 0.3 is 0 Å². The van der Waals surface area contributed by atoms with Gasteiger partial charge < -0.3 is 21.5 Å². The molecule has 0 heterocycles. The van der Waals surface area contributed by atoms with E-state index in [1.807, 2.05) is 39.0 Å². The van der Waals surface area contributed by atoms with Gasteiger partial charge in [-0.1, -0.05) is 30.3 Å². The summed E-state index contributed by atoms with van der Waals surface area (Å²) in [6.07, 6.45) is 2.03. The molecule has 2 amide bonds. The molecule has 6 nitrogen and oxygen atoms in total. The Kier molecular flexibility index (Phi) is 8.42. The van der Waals surface area contributed by atoms with Gasteiger partial charge in [0.15, 0.2) is 0 Å². The maximum absolute atomic E-state index is 12.5. The maximum Gasteiger partial charge on any atom is 0.242 e. The molecule has 0 aliphatic rings. The lowest BCUT2D eigenvalue weighted by Gasteiger charge is -2.21. The fraction of sp³-hybridized carbons (Fsp3) is 0.417. The second-order valence-electron chi connectivity index (χ2n) is 8.03. The second-order valence-corrected chi connectivity index (χ2v) is 8.03. The SMILES string of the molecule is Cc1cc(O)cc(C)c1CC(N)C(=O)N[C@H](C)C(=O)N[C@@H](C)CCc1ccccc1. The quantitative estimate of drug-likeness (QED) is 0.509. The molecular weight excluding hydrogens is 378 g/mol. The van der Waals surface area contributed by atoms with Crippen molar-refractivity contribution in [3.63, 3.8) is 0 Å². The molecule has 162 valence electrons. The smallest absolute Gasteiger partial charge is 0.242 e. The van der Waals surface area contributed by atoms with Crippen molar-refractivity contribution in [3.8, 4) is 5.75 Å². The van der Waals surface area contributed by atoms with Crippen LogP contribution in [0.25, 0.3) is 0 Å². The number of nitrogens with two attached hydrogens (primary N) is 1. The Balaban J connectivity index is 1.83. The number of aryl methyl sites for hydroxylation is 3. The maximum atomic E-state index is 12.5. The van der Waals surface area contributed by atoms with E-state index in [9.17, 15) is 14.7 Å². The van der Waals surface area contributed by atoms with E-state index < -0.39 is 12.1 Å². The first-order valence-corrected chi connectivity index (χ1v) is 10.4. The highest BCUT2D eigenvalue weighted by molar-refractivity contribution is 5.89. The van der Waals surface area contributed by atoms with Crippen LogP contribution in [0.2, 0.25) is 0 Å². The van der Waals surface area contributed by atoms with E-state index in [0.29, 0.717) is 6.42 Å². The first kappa shape index (κ1) is 23.4. The topological polar surface area (TPSA) is 104 Å². The third kappa shape index (κ3) is 6.88. The van der Waals surface area contributed by atoms with E-state index in [2.05, 4.69) is 22.8 Å². The molecule has 0 spiro atoms. The van der Waals surface area contributed by atoms with Gasteiger partial charge in [-0.15, -0.1) is 0 Å². The average molecular weight is 412 g/mol. The van der Waals surface area contributed by atoms with Crippen molar-refractivity contribution in [3.05, 3.63) is 64.7 Å². The van der Waals surface area contributed by atoms with Crippen molar-refractivity contribution in [2.45, 2.75) is 65.1 Å². The zero-order valence-corrected chi connectivity index (χ0v) is 18.2. The summed E-state index contributed by atoms with van der Waals surface area (Å²) in [6, 6.07) is 12.0. The predicted octanol–water partition coefficient (Wildman–Crippen LogP) is 2.52. The van der Waals surface area contributed by atoms with Crippen molar-refractivity contribution >= 4 is 11.8 Å². The van der Waals surface area contributed by atoms with Gasteiger partial charge in [0.1, 0.15) is 11.8 Å². The fourth-order valence-corrected chi connectivity index (χ4v) is 3.46. The molecule has 0 saturated carbocycles. The third-order valence-electron chi connectivity index (χ3n) is 5.29. The number of benzene rings is 2. The number of aromatic hydroxyl groups is 1. The van der Waals surface area contributed by atoms with Crippen molar-refractivity contribution in [1.82, 2.24) is 10.6 Å². The van der Waals surface area contributed by atoms with E-state index in [4.69, 9.17) is 5.73 Å². The summed E-state index contributed by atoms with van der Waals surface area (Å²) in [7, 11) is 0. The molecule has 2 aromatic rings. The molecule has 2 aromatic carbocycles. The molecule has 0 aliphatic heterocycles. The molecule has 6 heteroatoms. The van der Waals surface area contributed by atoms with Gasteiger partial charge in [0.05, 0.1) is 6.04 Å². The molecule has 2 rings (SSSR count). The molecule has 0 bridgehead atoms. The van der Waals surface area contributed by atoms with Crippen molar-refractivity contribution in [2.24, 2.45) is 5.73 Å². The van der Waals surface area contributed by atoms with Gasteiger partial charge in [-0.3, -0.25) is 9.59 Å². The van der Waals surface area contributed by atoms with Crippen molar-refractivity contribution in [1.29, 1.82) is 0 Å². The molecule has 5 N–H and O–H groups in total. The number of amides is 2. The number of phenols is 1. The first-order chi connectivity index (χ1) is 14.2. The van der Waals surface area contributed by atoms with E-state index in [-0.39, 0.29) is 23.6 Å². The molecule has 0 radical (unpaired) electrons. The summed E-state index contributed by atoms with van der Waals surface area (Å²) >= 11 is 0. The standard InChI is InChI=1S/C24H33N3O3/c1-15-12-20(28)13-16(2)21(15)14-22(25)24(30)27-18(4)23(29)26-17(3)10-11-19-8-6-5-7-9-19/h5-9,12-13,17-18,22,28H,10-11,14,25H2,1-4H3,(H,26,29)(H,27,30)/t17-,18+,22?/m0/s1. The average Bonchev–Trinajstić information content (AvgIpc) is 2.69. The molecule has 0 fully saturated rings. The van der Waals surface area contributed by atoms with Crippen LogP contribution in [0, 0.1) is 13.8 Å². The van der Waals surface area contributed by atoms with E-state index in [1.54, 1.807) is 19.1 Å². The lowest BCUT2D eigenvalue weighted by molar-refractivity contribution is -0.129. The van der Waals surface area contributed by atoms with Crippen LogP contribution in [0.1, 0.15) is 42.5 Å². The monoisotopic (exact) mass is 411 g/mol. The Morgan fingerprint density at radius 2 is 1.60 bits per heavy atom. The summed E-state index contributed by atoms with van der Waals surface area (Å²) in [6.45, 7) is 7.36. The van der Waals surface area contributed by atoms with Gasteiger partial charge in [-0.05, 0) is 81.3 Å². The van der Waals surface area contributed by atoms with Gasteiger partial charge in [0, 0.05) is 6.04 Å². The molecule has 0 saturated heterocycles. The van der Waals surface area contributed by atoms with E-state index >= 15 is 0 Å². The van der Waals surface area contributed by atoms with Crippen molar-refractivity contribution < 1.29 is 14.7 Å². The Morgan fingerprint density at radius 1 is 1.00 bits per heavy atom. The van der Waals surface area contributed by atoms with Crippen molar-refractivity contribution in [2.75, 3.05) is 0 Å². The fourth-order valence-electron chi connectivity index (χ4n) is 3.46. The Labute approximate surface area is 178 Å². The molecule has 0 aromatic heterocycles. The van der Waals surface area contributed by atoms with Crippen LogP contribution in [-0.2, 0) is 22.4 Å². The van der Waals surface area contributed by atoms with Crippen LogP contribution in [0.15, 0.2) is 42.5 Å². The molecule has 0 aliphatic carbocycles. The molecular formula is C24H33N3O3. The lowest BCUT2D eigenvalue weighted by Crippen LogP contribution is -2.52. The van der Waals surface area contributed by atoms with E-state index in [1.165, 1.54) is 5.56 Å². The number of hydrogen-bond donors (Lipinski definition) is 4. The van der Waals surface area contributed by atoms with Crippen LogP contribution in [0.5, 0.6) is 5.75 Å². The Bertz CT molecular complexity index is 844. The second kappa shape index (κ2) is 10.8. The van der Waals surface area contributed by atoms with Crippen LogP contribution < -0.4 is 16.4 Å². The van der Waals surface area contributed by atoms with Gasteiger partial charge in [-0.2, -0.15) is 0 Å². The Morgan fingerprint density at radius 3 is 2.20 bits per heavy atom. The number of rotatable bonds is 9. The van der Waals surface area contributed by atoms with Crippen LogP contribution in [0.4, 0.5) is 0 Å². The van der Waals surface area contributed by atoms with Crippen LogP contribution >= 0.6 is 0 Å². The highest BCUT2D eigenvalue weighted by Crippen LogP contribution is 2.21. The van der Waals surface area contributed by atoms with Gasteiger partial charge in [0.2, 0.25) is 11.8 Å². The Hall–Kier alpha value is -2.86. The number of carbonyl (C=O) groups is 2. The molecule has 30 heavy (non-hydrogen) atoms. The summed E-state index contributed by atoms with van der Waals surface area (Å²) < 4.78 is 0. The minimum absolute atomic E-state index is 0.00646. The normalized spacial score (nSPS) is 13.9. The summed E-state index contributed by atoms with van der Waals surface area (Å²) in [5, 5.41) is 15.3. The summed E-state index contributed by atoms with van der Waals surface area (Å²) in [5.41, 5.74) is 10.0.